The molecule has 0 amide bonds. The Kier molecular flexibility index (Phi) is 4.61. The van der Waals surface area contributed by atoms with Crippen LogP contribution in [-0.4, -0.2) is 48.0 Å². The highest BCUT2D eigenvalue weighted by atomic mass is 15.2. The van der Waals surface area contributed by atoms with Crippen LogP contribution < -0.4 is 0 Å². The van der Waals surface area contributed by atoms with Gasteiger partial charge in [-0.3, -0.25) is 9.88 Å². The van der Waals surface area contributed by atoms with Crippen molar-refractivity contribution in [2.75, 3.05) is 33.2 Å². The van der Waals surface area contributed by atoms with E-state index in [0.717, 1.165) is 13.0 Å². The minimum atomic E-state index is 0.262. The molecule has 1 aromatic heterocycles. The highest BCUT2D eigenvalue weighted by molar-refractivity contribution is 5.37. The van der Waals surface area contributed by atoms with Gasteiger partial charge in [0.15, 0.2) is 0 Å². The fourth-order valence-corrected chi connectivity index (χ4v) is 4.76. The summed E-state index contributed by atoms with van der Waals surface area (Å²) in [4.78, 5) is 9.48. The van der Waals surface area contributed by atoms with Crippen LogP contribution in [0.5, 0.6) is 0 Å². The van der Waals surface area contributed by atoms with Crippen LogP contribution in [0.2, 0.25) is 0 Å². The van der Waals surface area contributed by atoms with Crippen LogP contribution in [0.15, 0.2) is 42.7 Å². The molecule has 1 aromatic carbocycles. The molecule has 2 aromatic rings. The fourth-order valence-electron chi connectivity index (χ4n) is 4.76. The molecule has 0 aliphatic carbocycles. The van der Waals surface area contributed by atoms with Gasteiger partial charge in [0.2, 0.25) is 0 Å². The molecular weight excluding hydrogens is 306 g/mol. The Bertz CT molecular complexity index is 732. The van der Waals surface area contributed by atoms with E-state index in [0.29, 0.717) is 0 Å². The summed E-state index contributed by atoms with van der Waals surface area (Å²) < 4.78 is 0. The predicted molar refractivity (Wildman–Crippen MR) is 103 cm³/mol. The zero-order chi connectivity index (χ0) is 17.3. The van der Waals surface area contributed by atoms with Crippen LogP contribution >= 0.6 is 0 Å². The summed E-state index contributed by atoms with van der Waals surface area (Å²) in [7, 11) is 2.33. The number of likely N-dealkylation sites (tertiary alicyclic amines) is 1. The molecule has 0 atom stereocenters. The Labute approximate surface area is 151 Å². The van der Waals surface area contributed by atoms with Gasteiger partial charge in [-0.05, 0) is 68.0 Å². The van der Waals surface area contributed by atoms with E-state index in [1.165, 1.54) is 50.0 Å². The van der Waals surface area contributed by atoms with Crippen molar-refractivity contribution in [1.29, 1.82) is 0 Å². The number of hydrogen-bond donors (Lipinski definition) is 0. The molecule has 2 aliphatic heterocycles. The fraction of sp³-hybridized carbons (Fsp3) is 0.500. The first-order chi connectivity index (χ1) is 12.2. The van der Waals surface area contributed by atoms with Gasteiger partial charge in [-0.25, -0.2) is 0 Å². The second kappa shape index (κ2) is 6.89. The molecule has 0 saturated carbocycles. The first-order valence-electron chi connectivity index (χ1n) is 9.60. The second-order valence-corrected chi connectivity index (χ2v) is 7.75. The molecular formula is C22H29N3. The number of rotatable bonds is 3. The largest absolute Gasteiger partial charge is 0.303 e. The monoisotopic (exact) mass is 335 g/mol. The molecule has 3 nitrogen and oxygen atoms in total. The van der Waals surface area contributed by atoms with Gasteiger partial charge in [0.1, 0.15) is 0 Å². The van der Waals surface area contributed by atoms with Crippen molar-refractivity contribution in [2.45, 2.75) is 38.1 Å². The van der Waals surface area contributed by atoms with Gasteiger partial charge >= 0.3 is 0 Å². The van der Waals surface area contributed by atoms with Gasteiger partial charge in [-0.15, -0.1) is 0 Å². The van der Waals surface area contributed by atoms with E-state index in [2.05, 4.69) is 59.1 Å². The van der Waals surface area contributed by atoms with Crippen LogP contribution in [0.3, 0.4) is 0 Å². The summed E-state index contributed by atoms with van der Waals surface area (Å²) in [6, 6.07) is 11.3. The zero-order valence-corrected chi connectivity index (χ0v) is 15.5. The van der Waals surface area contributed by atoms with Gasteiger partial charge in [0, 0.05) is 44.1 Å². The lowest BCUT2D eigenvalue weighted by molar-refractivity contribution is 0.0284. The number of aryl methyl sites for hydroxylation is 1. The third-order valence-electron chi connectivity index (χ3n) is 6.48. The molecule has 3 heterocycles. The van der Waals surface area contributed by atoms with Crippen LogP contribution in [0.4, 0.5) is 0 Å². The minimum absolute atomic E-state index is 0.262. The van der Waals surface area contributed by atoms with Gasteiger partial charge in [-0.1, -0.05) is 24.3 Å². The van der Waals surface area contributed by atoms with Crippen molar-refractivity contribution < 1.29 is 0 Å². The summed E-state index contributed by atoms with van der Waals surface area (Å²) in [5.74, 6) is 0. The van der Waals surface area contributed by atoms with Crippen molar-refractivity contribution in [3.8, 4) is 0 Å². The Morgan fingerprint density at radius 3 is 2.68 bits per heavy atom. The Morgan fingerprint density at radius 2 is 1.88 bits per heavy atom. The number of fused-ring (bicyclic) bond motifs is 2. The smallest absolute Gasteiger partial charge is 0.0484 e. The quantitative estimate of drug-likeness (QED) is 0.857. The van der Waals surface area contributed by atoms with Crippen LogP contribution in [0, 0.1) is 6.92 Å². The summed E-state index contributed by atoms with van der Waals surface area (Å²) in [5, 5.41) is 0. The van der Waals surface area contributed by atoms with Gasteiger partial charge in [0.05, 0.1) is 0 Å². The predicted octanol–water partition coefficient (Wildman–Crippen LogP) is 3.41. The number of aromatic nitrogens is 1. The lowest BCUT2D eigenvalue weighted by atomic mass is 9.74. The molecule has 1 saturated heterocycles. The molecule has 1 spiro atoms. The maximum atomic E-state index is 4.21. The Hall–Kier alpha value is -1.71. The van der Waals surface area contributed by atoms with Crippen LogP contribution in [-0.2, 0) is 18.4 Å². The van der Waals surface area contributed by atoms with Crippen molar-refractivity contribution in [3.63, 3.8) is 0 Å². The third kappa shape index (κ3) is 3.11. The molecule has 132 valence electrons. The van der Waals surface area contributed by atoms with Crippen molar-refractivity contribution >= 4 is 0 Å². The number of hydrogen-bond acceptors (Lipinski definition) is 3. The molecule has 4 rings (SSSR count). The van der Waals surface area contributed by atoms with Crippen molar-refractivity contribution in [2.24, 2.45) is 0 Å². The topological polar surface area (TPSA) is 19.4 Å². The van der Waals surface area contributed by atoms with E-state index in [1.807, 2.05) is 12.4 Å². The highest BCUT2D eigenvalue weighted by Crippen LogP contribution is 2.42. The zero-order valence-electron chi connectivity index (χ0n) is 15.5. The molecule has 25 heavy (non-hydrogen) atoms. The summed E-state index contributed by atoms with van der Waals surface area (Å²) in [6.45, 7) is 6.91. The van der Waals surface area contributed by atoms with Gasteiger partial charge < -0.3 is 4.90 Å². The lowest BCUT2D eigenvalue weighted by Gasteiger charge is -2.51. The van der Waals surface area contributed by atoms with E-state index < -0.39 is 0 Å². The average Bonchev–Trinajstić information content (AvgIpc) is 2.66. The minimum Gasteiger partial charge on any atom is -0.303 e. The van der Waals surface area contributed by atoms with E-state index in [1.54, 1.807) is 11.1 Å². The van der Waals surface area contributed by atoms with Gasteiger partial charge in [0.25, 0.3) is 0 Å². The first kappa shape index (κ1) is 16.7. The summed E-state index contributed by atoms with van der Waals surface area (Å²) >= 11 is 0. The maximum Gasteiger partial charge on any atom is 0.0484 e. The number of likely N-dealkylation sites (N-methyl/N-ethyl adjacent to an activating group) is 1. The Balaban J connectivity index is 1.44. The van der Waals surface area contributed by atoms with Crippen molar-refractivity contribution in [1.82, 2.24) is 14.8 Å². The van der Waals surface area contributed by atoms with Crippen molar-refractivity contribution in [3.05, 3.63) is 65.0 Å². The van der Waals surface area contributed by atoms with E-state index in [9.17, 15) is 0 Å². The SMILES string of the molecule is Cc1cnccc1CCN1CCC2(CC1)c1ccccc1CCN2C. The normalized spacial score (nSPS) is 20.6. The molecule has 0 bridgehead atoms. The van der Waals surface area contributed by atoms with E-state index >= 15 is 0 Å². The molecule has 1 fully saturated rings. The molecule has 0 radical (unpaired) electrons. The number of pyridine rings is 1. The third-order valence-corrected chi connectivity index (χ3v) is 6.48. The van der Waals surface area contributed by atoms with E-state index in [4.69, 9.17) is 0 Å². The van der Waals surface area contributed by atoms with E-state index in [-0.39, 0.29) is 5.54 Å². The van der Waals surface area contributed by atoms with Gasteiger partial charge in [-0.2, -0.15) is 0 Å². The number of benzene rings is 1. The molecule has 0 unspecified atom stereocenters. The maximum absolute atomic E-state index is 4.21. The second-order valence-electron chi connectivity index (χ2n) is 7.75. The molecule has 2 aliphatic rings. The Morgan fingerprint density at radius 1 is 1.08 bits per heavy atom. The number of piperidine rings is 1. The standard InChI is InChI=1S/C22H29N3/c1-18-17-23-12-7-19(18)9-14-25-15-10-22(11-16-25)21-6-4-3-5-20(21)8-13-24(22)2/h3-7,12,17H,8-11,13-16H2,1-2H3. The first-order valence-corrected chi connectivity index (χ1v) is 9.60. The highest BCUT2D eigenvalue weighted by Gasteiger charge is 2.42. The number of nitrogens with zero attached hydrogens (tertiary/aromatic N) is 3. The summed E-state index contributed by atoms with van der Waals surface area (Å²) in [5.41, 5.74) is 6.18. The van der Waals surface area contributed by atoms with Crippen LogP contribution in [0.25, 0.3) is 0 Å². The summed E-state index contributed by atoms with van der Waals surface area (Å²) in [6.07, 6.45) is 8.72. The average molecular weight is 335 g/mol. The van der Waals surface area contributed by atoms with Crippen LogP contribution in [0.1, 0.15) is 35.1 Å². The lowest BCUT2D eigenvalue weighted by Crippen LogP contribution is -2.54. The molecule has 0 N–H and O–H groups in total. The molecule has 3 heteroatoms.